The molecule has 5 nitrogen and oxygen atoms in total. The molecule has 1 fully saturated rings. The van der Waals surface area contributed by atoms with Crippen LogP contribution in [-0.2, 0) is 16.1 Å². The van der Waals surface area contributed by atoms with Crippen LogP contribution in [0.4, 0.5) is 5.69 Å². The molecular weight excluding hydrogens is 230 g/mol. The molecule has 0 saturated carbocycles. The second kappa shape index (κ2) is 5.64. The Hall–Kier alpha value is -1.88. The first-order chi connectivity index (χ1) is 8.65. The Bertz CT molecular complexity index is 455. The SMILES string of the molecule is CC(=O)Nc1cccc(CNC(=O)C2CNC2)c1. The standard InChI is InChI=1S/C13H17N3O2/c1-9(17)16-12-4-2-3-10(5-12)6-15-13(18)11-7-14-8-11/h2-5,11,14H,6-8H2,1H3,(H,15,18)(H,16,17). The van der Waals surface area contributed by atoms with Crippen LogP contribution in [0, 0.1) is 5.92 Å². The highest BCUT2D eigenvalue weighted by Gasteiger charge is 2.24. The quantitative estimate of drug-likeness (QED) is 0.725. The van der Waals surface area contributed by atoms with Crippen LogP contribution in [0.25, 0.3) is 0 Å². The summed E-state index contributed by atoms with van der Waals surface area (Å²) in [7, 11) is 0. The van der Waals surface area contributed by atoms with Crippen LogP contribution in [-0.4, -0.2) is 24.9 Å². The number of hydrogen-bond acceptors (Lipinski definition) is 3. The smallest absolute Gasteiger partial charge is 0.225 e. The number of hydrogen-bond donors (Lipinski definition) is 3. The van der Waals surface area contributed by atoms with Crippen LogP contribution in [0.3, 0.4) is 0 Å². The monoisotopic (exact) mass is 247 g/mol. The predicted molar refractivity (Wildman–Crippen MR) is 69.0 cm³/mol. The van der Waals surface area contributed by atoms with Crippen molar-refractivity contribution in [3.8, 4) is 0 Å². The van der Waals surface area contributed by atoms with Crippen molar-refractivity contribution in [1.29, 1.82) is 0 Å². The molecule has 96 valence electrons. The minimum atomic E-state index is -0.100. The average molecular weight is 247 g/mol. The minimum absolute atomic E-state index is 0.0821. The van der Waals surface area contributed by atoms with E-state index in [9.17, 15) is 9.59 Å². The van der Waals surface area contributed by atoms with E-state index < -0.39 is 0 Å². The second-order valence-corrected chi connectivity index (χ2v) is 4.45. The summed E-state index contributed by atoms with van der Waals surface area (Å²) in [6.07, 6.45) is 0. The van der Waals surface area contributed by atoms with Gasteiger partial charge in [-0.2, -0.15) is 0 Å². The van der Waals surface area contributed by atoms with Gasteiger partial charge in [-0.3, -0.25) is 9.59 Å². The molecule has 1 heterocycles. The fraction of sp³-hybridized carbons (Fsp3) is 0.385. The third kappa shape index (κ3) is 3.30. The zero-order valence-corrected chi connectivity index (χ0v) is 10.3. The van der Waals surface area contributed by atoms with E-state index in [1.54, 1.807) is 0 Å². The lowest BCUT2D eigenvalue weighted by Gasteiger charge is -2.25. The summed E-state index contributed by atoms with van der Waals surface area (Å²) in [6, 6.07) is 7.46. The van der Waals surface area contributed by atoms with Gasteiger partial charge in [0.05, 0.1) is 5.92 Å². The number of carbonyl (C=O) groups is 2. The van der Waals surface area contributed by atoms with E-state index in [1.807, 2.05) is 24.3 Å². The van der Waals surface area contributed by atoms with Gasteiger partial charge in [-0.05, 0) is 17.7 Å². The lowest BCUT2D eigenvalue weighted by Crippen LogP contribution is -2.50. The van der Waals surface area contributed by atoms with Crippen LogP contribution in [0.1, 0.15) is 12.5 Å². The number of benzene rings is 1. The van der Waals surface area contributed by atoms with Crippen molar-refractivity contribution in [2.45, 2.75) is 13.5 Å². The van der Waals surface area contributed by atoms with Crippen molar-refractivity contribution in [3.05, 3.63) is 29.8 Å². The van der Waals surface area contributed by atoms with Gasteiger partial charge in [-0.15, -0.1) is 0 Å². The van der Waals surface area contributed by atoms with Crippen LogP contribution >= 0.6 is 0 Å². The maximum atomic E-state index is 11.6. The second-order valence-electron chi connectivity index (χ2n) is 4.45. The Kier molecular flexibility index (Phi) is 3.94. The van der Waals surface area contributed by atoms with Crippen molar-refractivity contribution in [1.82, 2.24) is 10.6 Å². The largest absolute Gasteiger partial charge is 0.352 e. The molecule has 3 N–H and O–H groups in total. The summed E-state index contributed by atoms with van der Waals surface area (Å²) in [4.78, 5) is 22.6. The number of rotatable bonds is 4. The fourth-order valence-electron chi connectivity index (χ4n) is 1.77. The van der Waals surface area contributed by atoms with E-state index in [2.05, 4.69) is 16.0 Å². The zero-order valence-electron chi connectivity index (χ0n) is 10.3. The molecule has 1 aromatic carbocycles. The van der Waals surface area contributed by atoms with Gasteiger partial charge >= 0.3 is 0 Å². The van der Waals surface area contributed by atoms with Crippen LogP contribution < -0.4 is 16.0 Å². The van der Waals surface area contributed by atoms with Crippen LogP contribution in [0.5, 0.6) is 0 Å². The van der Waals surface area contributed by atoms with Crippen LogP contribution in [0.2, 0.25) is 0 Å². The first-order valence-corrected chi connectivity index (χ1v) is 6.00. The van der Waals surface area contributed by atoms with Gasteiger partial charge in [-0.1, -0.05) is 12.1 Å². The molecule has 2 rings (SSSR count). The Balaban J connectivity index is 1.88. The van der Waals surface area contributed by atoms with E-state index in [1.165, 1.54) is 6.92 Å². The van der Waals surface area contributed by atoms with Crippen molar-refractivity contribution in [2.75, 3.05) is 18.4 Å². The van der Waals surface area contributed by atoms with Crippen molar-refractivity contribution >= 4 is 17.5 Å². The Morgan fingerprint density at radius 2 is 2.17 bits per heavy atom. The molecule has 18 heavy (non-hydrogen) atoms. The van der Waals surface area contributed by atoms with E-state index >= 15 is 0 Å². The van der Waals surface area contributed by atoms with Gasteiger partial charge in [0, 0.05) is 32.2 Å². The lowest BCUT2D eigenvalue weighted by molar-refractivity contribution is -0.126. The predicted octanol–water partition coefficient (Wildman–Crippen LogP) is 0.481. The van der Waals surface area contributed by atoms with Gasteiger partial charge in [-0.25, -0.2) is 0 Å². The molecule has 1 aliphatic rings. The van der Waals surface area contributed by atoms with Gasteiger partial charge in [0.25, 0.3) is 0 Å². The molecule has 0 bridgehead atoms. The van der Waals surface area contributed by atoms with Crippen molar-refractivity contribution < 1.29 is 9.59 Å². The van der Waals surface area contributed by atoms with E-state index in [4.69, 9.17) is 0 Å². The molecule has 0 radical (unpaired) electrons. The number of carbonyl (C=O) groups excluding carboxylic acids is 2. The summed E-state index contributed by atoms with van der Waals surface area (Å²) in [5.74, 6) is 0.0823. The summed E-state index contributed by atoms with van der Waals surface area (Å²) in [6.45, 7) is 3.48. The summed E-state index contributed by atoms with van der Waals surface area (Å²) in [5.41, 5.74) is 1.72. The first kappa shape index (κ1) is 12.6. The maximum Gasteiger partial charge on any atom is 0.225 e. The Morgan fingerprint density at radius 1 is 1.39 bits per heavy atom. The summed E-state index contributed by atoms with van der Waals surface area (Å²) < 4.78 is 0. The molecule has 1 aromatic rings. The van der Waals surface area contributed by atoms with E-state index in [0.717, 1.165) is 24.3 Å². The lowest BCUT2D eigenvalue weighted by atomic mass is 10.0. The molecule has 1 saturated heterocycles. The van der Waals surface area contributed by atoms with Crippen LogP contribution in [0.15, 0.2) is 24.3 Å². The minimum Gasteiger partial charge on any atom is -0.352 e. The fourth-order valence-corrected chi connectivity index (χ4v) is 1.77. The summed E-state index contributed by atoms with van der Waals surface area (Å²) >= 11 is 0. The van der Waals surface area contributed by atoms with Gasteiger partial charge in [0.15, 0.2) is 0 Å². The third-order valence-corrected chi connectivity index (χ3v) is 2.87. The van der Waals surface area contributed by atoms with Gasteiger partial charge < -0.3 is 16.0 Å². The summed E-state index contributed by atoms with van der Waals surface area (Å²) in [5, 5.41) is 8.67. The molecule has 0 spiro atoms. The van der Waals surface area contributed by atoms with Crippen molar-refractivity contribution in [2.24, 2.45) is 5.92 Å². The molecular formula is C13H17N3O2. The first-order valence-electron chi connectivity index (χ1n) is 6.00. The van der Waals surface area contributed by atoms with Gasteiger partial charge in [0.2, 0.25) is 11.8 Å². The molecule has 0 aliphatic carbocycles. The highest BCUT2D eigenvalue weighted by Crippen LogP contribution is 2.11. The topological polar surface area (TPSA) is 70.2 Å². The van der Waals surface area contributed by atoms with E-state index in [-0.39, 0.29) is 17.7 Å². The number of nitrogens with one attached hydrogen (secondary N) is 3. The molecule has 5 heteroatoms. The third-order valence-electron chi connectivity index (χ3n) is 2.87. The normalized spacial score (nSPS) is 14.7. The number of anilines is 1. The number of amides is 2. The van der Waals surface area contributed by atoms with Crippen molar-refractivity contribution in [3.63, 3.8) is 0 Å². The average Bonchev–Trinajstić information content (AvgIpc) is 2.23. The Morgan fingerprint density at radius 3 is 2.78 bits per heavy atom. The molecule has 0 atom stereocenters. The highest BCUT2D eigenvalue weighted by atomic mass is 16.2. The Labute approximate surface area is 106 Å². The molecule has 0 aromatic heterocycles. The maximum absolute atomic E-state index is 11.6. The molecule has 2 amide bonds. The van der Waals surface area contributed by atoms with Gasteiger partial charge in [0.1, 0.15) is 0 Å². The van der Waals surface area contributed by atoms with E-state index in [0.29, 0.717) is 6.54 Å². The highest BCUT2D eigenvalue weighted by molar-refractivity contribution is 5.88. The molecule has 0 unspecified atom stereocenters. The zero-order chi connectivity index (χ0) is 13.0. The molecule has 1 aliphatic heterocycles.